The molecule has 1 aliphatic rings. The molecule has 0 saturated carbocycles. The quantitative estimate of drug-likeness (QED) is 0.895. The highest BCUT2D eigenvalue weighted by atomic mass is 16.5. The average molecular weight is 264 g/mol. The third kappa shape index (κ3) is 3.04. The van der Waals surface area contributed by atoms with Crippen molar-refractivity contribution in [3.8, 4) is 5.75 Å². The topological polar surface area (TPSA) is 60.5 Å². The molecule has 5 heteroatoms. The zero-order valence-corrected chi connectivity index (χ0v) is 11.7. The van der Waals surface area contributed by atoms with Crippen LogP contribution in [-0.2, 0) is 16.1 Å². The summed E-state index contributed by atoms with van der Waals surface area (Å²) in [5.74, 6) is 0.773. The highest BCUT2D eigenvalue weighted by Gasteiger charge is 2.23. The lowest BCUT2D eigenvalue weighted by molar-refractivity contribution is -0.130. The molecule has 104 valence electrons. The van der Waals surface area contributed by atoms with E-state index in [0.29, 0.717) is 13.2 Å². The van der Waals surface area contributed by atoms with E-state index < -0.39 is 0 Å². The maximum Gasteiger partial charge on any atom is 0.249 e. The van der Waals surface area contributed by atoms with Crippen LogP contribution in [0.4, 0.5) is 0 Å². The second kappa shape index (κ2) is 6.02. The Hall–Kier alpha value is -1.62. The maximum atomic E-state index is 11.9. The summed E-state index contributed by atoms with van der Waals surface area (Å²) in [6.07, 6.45) is 3.22. The lowest BCUT2D eigenvalue weighted by Gasteiger charge is -2.14. The number of aromatic nitrogens is 1. The molecule has 0 spiro atoms. The molecule has 2 rings (SSSR count). The van der Waals surface area contributed by atoms with Crippen LogP contribution in [0.25, 0.3) is 0 Å². The highest BCUT2D eigenvalue weighted by Crippen LogP contribution is 2.23. The van der Waals surface area contributed by atoms with Gasteiger partial charge in [-0.25, -0.2) is 0 Å². The van der Waals surface area contributed by atoms with Gasteiger partial charge in [0, 0.05) is 23.9 Å². The van der Waals surface area contributed by atoms with E-state index in [9.17, 15) is 4.79 Å². The average Bonchev–Trinajstić information content (AvgIpc) is 2.92. The van der Waals surface area contributed by atoms with Gasteiger partial charge in [-0.2, -0.15) is 0 Å². The molecule has 1 aromatic heterocycles. The van der Waals surface area contributed by atoms with Crippen LogP contribution in [0.5, 0.6) is 5.75 Å². The van der Waals surface area contributed by atoms with Crippen LogP contribution in [-0.4, -0.2) is 30.7 Å². The third-order valence-electron chi connectivity index (χ3n) is 3.40. The van der Waals surface area contributed by atoms with Gasteiger partial charge in [0.25, 0.3) is 0 Å². The van der Waals surface area contributed by atoms with Crippen molar-refractivity contribution >= 4 is 5.91 Å². The zero-order chi connectivity index (χ0) is 13.8. The smallest absolute Gasteiger partial charge is 0.249 e. The molecule has 0 aliphatic carbocycles. The lowest BCUT2D eigenvalue weighted by atomic mass is 10.1. The summed E-state index contributed by atoms with van der Waals surface area (Å²) < 4.78 is 10.7. The van der Waals surface area contributed by atoms with Crippen molar-refractivity contribution in [1.82, 2.24) is 10.3 Å². The van der Waals surface area contributed by atoms with Crippen LogP contribution in [0, 0.1) is 13.8 Å². The minimum Gasteiger partial charge on any atom is -0.496 e. The number of nitrogens with one attached hydrogen (secondary N) is 1. The predicted octanol–water partition coefficient (Wildman–Crippen LogP) is 1.50. The number of rotatable bonds is 4. The van der Waals surface area contributed by atoms with Gasteiger partial charge in [0.2, 0.25) is 5.91 Å². The standard InChI is InChI=1S/C14H20N2O3/c1-9-7-15-11(10(2)13(9)18-3)8-16-14(17)12-5-4-6-19-12/h7,12H,4-6,8H2,1-3H3,(H,16,17)/t12-/m0/s1. The number of amides is 1. The van der Waals surface area contributed by atoms with Gasteiger partial charge in [0.15, 0.2) is 0 Å². The van der Waals surface area contributed by atoms with Crippen LogP contribution < -0.4 is 10.1 Å². The first-order valence-electron chi connectivity index (χ1n) is 6.52. The van der Waals surface area contributed by atoms with E-state index in [1.807, 2.05) is 13.8 Å². The number of carbonyl (C=O) groups excluding carboxylic acids is 1. The molecule has 5 nitrogen and oxygen atoms in total. The number of hydrogen-bond donors (Lipinski definition) is 1. The number of aryl methyl sites for hydroxylation is 1. The van der Waals surface area contributed by atoms with Crippen LogP contribution >= 0.6 is 0 Å². The van der Waals surface area contributed by atoms with Crippen molar-refractivity contribution in [1.29, 1.82) is 0 Å². The highest BCUT2D eigenvalue weighted by molar-refractivity contribution is 5.80. The first kappa shape index (κ1) is 13.8. The van der Waals surface area contributed by atoms with Crippen LogP contribution in [0.15, 0.2) is 6.20 Å². The molecular weight excluding hydrogens is 244 g/mol. The number of pyridine rings is 1. The summed E-state index contributed by atoms with van der Waals surface area (Å²) in [6.45, 7) is 4.98. The van der Waals surface area contributed by atoms with Crippen LogP contribution in [0.1, 0.15) is 29.7 Å². The van der Waals surface area contributed by atoms with Gasteiger partial charge < -0.3 is 14.8 Å². The van der Waals surface area contributed by atoms with Crippen LogP contribution in [0.2, 0.25) is 0 Å². The SMILES string of the molecule is COc1c(C)cnc(CNC(=O)[C@@H]2CCCO2)c1C. The summed E-state index contributed by atoms with van der Waals surface area (Å²) in [5.41, 5.74) is 2.79. The van der Waals surface area contributed by atoms with E-state index in [1.54, 1.807) is 13.3 Å². The Morgan fingerprint density at radius 2 is 2.37 bits per heavy atom. The number of methoxy groups -OCH3 is 1. The van der Waals surface area contributed by atoms with Gasteiger partial charge in [0.1, 0.15) is 11.9 Å². The summed E-state index contributed by atoms with van der Waals surface area (Å²) in [5, 5.41) is 2.87. The minimum atomic E-state index is -0.298. The van der Waals surface area contributed by atoms with E-state index in [4.69, 9.17) is 9.47 Å². The molecule has 1 N–H and O–H groups in total. The molecule has 0 unspecified atom stereocenters. The van der Waals surface area contributed by atoms with Gasteiger partial charge in [-0.15, -0.1) is 0 Å². The van der Waals surface area contributed by atoms with Crippen molar-refractivity contribution in [2.75, 3.05) is 13.7 Å². The van der Waals surface area contributed by atoms with Gasteiger partial charge in [-0.05, 0) is 26.7 Å². The van der Waals surface area contributed by atoms with E-state index in [1.165, 1.54) is 0 Å². The minimum absolute atomic E-state index is 0.0572. The number of nitrogens with zero attached hydrogens (tertiary/aromatic N) is 1. The van der Waals surface area contributed by atoms with Gasteiger partial charge >= 0.3 is 0 Å². The monoisotopic (exact) mass is 264 g/mol. The molecule has 2 heterocycles. The Labute approximate surface area is 113 Å². The van der Waals surface area contributed by atoms with E-state index in [-0.39, 0.29) is 12.0 Å². The summed E-state index contributed by atoms with van der Waals surface area (Å²) in [4.78, 5) is 16.2. The second-order valence-electron chi connectivity index (χ2n) is 4.77. The molecule has 1 atom stereocenters. The van der Waals surface area contributed by atoms with E-state index >= 15 is 0 Å². The fourth-order valence-corrected chi connectivity index (χ4v) is 2.32. The zero-order valence-electron chi connectivity index (χ0n) is 11.7. The molecular formula is C14H20N2O3. The third-order valence-corrected chi connectivity index (χ3v) is 3.40. The summed E-state index contributed by atoms with van der Waals surface area (Å²) in [6, 6.07) is 0. The molecule has 19 heavy (non-hydrogen) atoms. The molecule has 0 radical (unpaired) electrons. The summed E-state index contributed by atoms with van der Waals surface area (Å²) >= 11 is 0. The van der Waals surface area contributed by atoms with Gasteiger partial charge in [-0.1, -0.05) is 0 Å². The Kier molecular flexibility index (Phi) is 4.37. The Bertz CT molecular complexity index is 468. The number of ether oxygens (including phenoxy) is 2. The molecule has 1 aromatic rings. The summed E-state index contributed by atoms with van der Waals surface area (Å²) in [7, 11) is 1.64. The molecule has 1 saturated heterocycles. The van der Waals surface area contributed by atoms with Crippen molar-refractivity contribution in [2.24, 2.45) is 0 Å². The predicted molar refractivity (Wildman–Crippen MR) is 71.1 cm³/mol. The van der Waals surface area contributed by atoms with Crippen molar-refractivity contribution in [3.05, 3.63) is 23.0 Å². The maximum absolute atomic E-state index is 11.9. The first-order chi connectivity index (χ1) is 9.13. The number of hydrogen-bond acceptors (Lipinski definition) is 4. The Morgan fingerprint density at radius 1 is 1.58 bits per heavy atom. The van der Waals surface area contributed by atoms with E-state index in [2.05, 4.69) is 10.3 Å². The Morgan fingerprint density at radius 3 is 3.00 bits per heavy atom. The normalized spacial score (nSPS) is 18.4. The molecule has 0 aromatic carbocycles. The fourth-order valence-electron chi connectivity index (χ4n) is 2.32. The molecule has 0 bridgehead atoms. The molecule has 1 aliphatic heterocycles. The Balaban J connectivity index is 2.01. The van der Waals surface area contributed by atoms with Gasteiger partial charge in [-0.3, -0.25) is 9.78 Å². The first-order valence-corrected chi connectivity index (χ1v) is 6.52. The molecule has 1 fully saturated rings. The fraction of sp³-hybridized carbons (Fsp3) is 0.571. The largest absolute Gasteiger partial charge is 0.496 e. The lowest BCUT2D eigenvalue weighted by Crippen LogP contribution is -2.34. The molecule has 1 amide bonds. The van der Waals surface area contributed by atoms with Crippen molar-refractivity contribution in [2.45, 2.75) is 39.3 Å². The second-order valence-corrected chi connectivity index (χ2v) is 4.77. The van der Waals surface area contributed by atoms with Gasteiger partial charge in [0.05, 0.1) is 19.3 Å². The van der Waals surface area contributed by atoms with Crippen molar-refractivity contribution in [3.63, 3.8) is 0 Å². The number of carbonyl (C=O) groups is 1. The van der Waals surface area contributed by atoms with Crippen molar-refractivity contribution < 1.29 is 14.3 Å². The van der Waals surface area contributed by atoms with E-state index in [0.717, 1.165) is 35.4 Å². The van der Waals surface area contributed by atoms with Crippen LogP contribution in [0.3, 0.4) is 0 Å².